The molecule has 2 amide bonds. The number of nitrogens with one attached hydrogen (secondary N) is 1. The van der Waals surface area contributed by atoms with E-state index in [2.05, 4.69) is 10.3 Å². The minimum Gasteiger partial charge on any atom is -0.370 e. The topological polar surface area (TPSA) is 172 Å². The average molecular weight is 575 g/mol. The lowest BCUT2D eigenvalue weighted by atomic mass is 9.77. The van der Waals surface area contributed by atoms with Gasteiger partial charge in [-0.15, -0.1) is 0 Å². The smallest absolute Gasteiger partial charge is 0.257 e. The Morgan fingerprint density at radius 3 is 2.58 bits per heavy atom. The molecule has 5 aliphatic rings. The Hall–Kier alpha value is -2.18. The second-order valence-electron chi connectivity index (χ2n) is 12.3. The van der Waals surface area contributed by atoms with Gasteiger partial charge in [0.05, 0.1) is 17.6 Å². The standard InChI is InChI=1S/C28H46N8O3S/c29-27(30)32-14-6-10-20(23(37)25-34-19-9-4-5-11-22(19)40-25)33-24(38)21-12-15-35-16-13-28(31,26(39)36(21)35)17-18-7-2-1-3-8-18/h18-22H,1-17,31H2,(H,33,38)(H4,29,30,32)/t19?,20?,21-,22?,28+/m0/s1. The van der Waals surface area contributed by atoms with E-state index < -0.39 is 17.6 Å². The molecule has 0 aromatic carbocycles. The normalized spacial score (nSPS) is 31.7. The molecule has 40 heavy (non-hydrogen) atoms. The van der Waals surface area contributed by atoms with Gasteiger partial charge in [0, 0.05) is 24.9 Å². The van der Waals surface area contributed by atoms with Gasteiger partial charge < -0.3 is 22.5 Å². The fraction of sp³-hybridized carbons (Fsp3) is 0.821. The number of carbonyl (C=O) groups is 3. The Balaban J connectivity index is 1.27. The van der Waals surface area contributed by atoms with E-state index in [0.29, 0.717) is 67.9 Å². The number of rotatable bonds is 10. The van der Waals surface area contributed by atoms with Gasteiger partial charge in [0.25, 0.3) is 5.91 Å². The Labute approximate surface area is 241 Å². The molecule has 0 radical (unpaired) electrons. The second kappa shape index (κ2) is 12.8. The van der Waals surface area contributed by atoms with Gasteiger partial charge in [-0.1, -0.05) is 56.7 Å². The van der Waals surface area contributed by atoms with Gasteiger partial charge in [0.15, 0.2) is 5.96 Å². The maximum Gasteiger partial charge on any atom is 0.257 e. The van der Waals surface area contributed by atoms with Crippen LogP contribution < -0.4 is 22.5 Å². The van der Waals surface area contributed by atoms with Crippen molar-refractivity contribution in [2.24, 2.45) is 33.1 Å². The Bertz CT molecular complexity index is 1030. The summed E-state index contributed by atoms with van der Waals surface area (Å²) in [5.41, 5.74) is 16.8. The lowest BCUT2D eigenvalue weighted by molar-refractivity contribution is -0.166. The van der Waals surface area contributed by atoms with Crippen LogP contribution in [0.25, 0.3) is 0 Å². The van der Waals surface area contributed by atoms with Crippen molar-refractivity contribution in [3.63, 3.8) is 0 Å². The van der Waals surface area contributed by atoms with Gasteiger partial charge in [-0.05, 0) is 50.9 Å². The van der Waals surface area contributed by atoms with Gasteiger partial charge in [-0.2, -0.15) is 0 Å². The number of amides is 2. The van der Waals surface area contributed by atoms with Gasteiger partial charge in [-0.25, -0.2) is 5.01 Å². The van der Waals surface area contributed by atoms with Crippen LogP contribution in [-0.4, -0.2) is 87.2 Å². The second-order valence-corrected chi connectivity index (χ2v) is 13.6. The Morgan fingerprint density at radius 2 is 1.82 bits per heavy atom. The van der Waals surface area contributed by atoms with Crippen molar-refractivity contribution in [1.29, 1.82) is 0 Å². The number of nitrogens with two attached hydrogens (primary N) is 3. The molecule has 3 unspecified atom stereocenters. The van der Waals surface area contributed by atoms with Crippen LogP contribution in [0.4, 0.5) is 0 Å². The van der Waals surface area contributed by atoms with Crippen molar-refractivity contribution < 1.29 is 14.4 Å². The number of fused-ring (bicyclic) bond motifs is 2. The number of hydrazine groups is 1. The van der Waals surface area contributed by atoms with E-state index in [1.54, 1.807) is 16.8 Å². The van der Waals surface area contributed by atoms with Crippen molar-refractivity contribution in [2.75, 3.05) is 19.6 Å². The lowest BCUT2D eigenvalue weighted by Crippen LogP contribution is -2.67. The maximum absolute atomic E-state index is 13.8. The summed E-state index contributed by atoms with van der Waals surface area (Å²) in [4.78, 5) is 50.0. The highest BCUT2D eigenvalue weighted by Gasteiger charge is 2.51. The summed E-state index contributed by atoms with van der Waals surface area (Å²) in [5.74, 6) is -0.149. The third-order valence-corrected chi connectivity index (χ3v) is 10.8. The number of hydrogen-bond donors (Lipinski definition) is 4. The Morgan fingerprint density at radius 1 is 1.07 bits per heavy atom. The van der Waals surface area contributed by atoms with Crippen LogP contribution in [0.2, 0.25) is 0 Å². The molecule has 0 bridgehead atoms. The van der Waals surface area contributed by atoms with Crippen molar-refractivity contribution in [3.05, 3.63) is 0 Å². The molecule has 2 aliphatic carbocycles. The average Bonchev–Trinajstić information content (AvgIpc) is 3.57. The minimum atomic E-state index is -0.942. The van der Waals surface area contributed by atoms with Crippen LogP contribution in [0, 0.1) is 5.92 Å². The molecule has 2 saturated carbocycles. The predicted molar refractivity (Wildman–Crippen MR) is 157 cm³/mol. The number of guanidine groups is 1. The van der Waals surface area contributed by atoms with Crippen LogP contribution in [0.3, 0.4) is 0 Å². The number of thioether (sulfide) groups is 1. The molecule has 0 spiro atoms. The lowest BCUT2D eigenvalue weighted by Gasteiger charge is -2.45. The van der Waals surface area contributed by atoms with Crippen LogP contribution >= 0.6 is 11.8 Å². The van der Waals surface area contributed by atoms with Gasteiger partial charge >= 0.3 is 0 Å². The highest BCUT2D eigenvalue weighted by atomic mass is 32.2. The van der Waals surface area contributed by atoms with Crippen molar-refractivity contribution in [2.45, 2.75) is 119 Å². The van der Waals surface area contributed by atoms with E-state index in [1.807, 2.05) is 5.01 Å². The zero-order valence-corrected chi connectivity index (χ0v) is 24.4. The number of aliphatic imine (C=N–C) groups is 2. The number of ketones is 1. The third kappa shape index (κ3) is 6.49. The summed E-state index contributed by atoms with van der Waals surface area (Å²) < 4.78 is 0. The van der Waals surface area contributed by atoms with Crippen LogP contribution in [0.5, 0.6) is 0 Å². The molecule has 5 atom stereocenters. The summed E-state index contributed by atoms with van der Waals surface area (Å²) in [7, 11) is 0. The first-order valence-corrected chi connectivity index (χ1v) is 16.1. The first kappa shape index (κ1) is 29.3. The summed E-state index contributed by atoms with van der Waals surface area (Å²) in [6.45, 7) is 1.65. The highest BCUT2D eigenvalue weighted by Crippen LogP contribution is 2.38. The van der Waals surface area contributed by atoms with Gasteiger partial charge in [0.2, 0.25) is 11.7 Å². The zero-order valence-electron chi connectivity index (χ0n) is 23.6. The SMILES string of the molecule is NC(N)=NCCCC(NC(=O)[C@@H]1CCN2CC[C@@](N)(CC3CCCCC3)C(=O)N12)C(=O)C1=NC2CCCCC2S1. The van der Waals surface area contributed by atoms with E-state index in [9.17, 15) is 14.4 Å². The number of carbonyl (C=O) groups excluding carboxylic acids is 3. The molecular formula is C28H46N8O3S. The molecule has 3 aliphatic heterocycles. The number of hydrogen-bond acceptors (Lipinski definition) is 8. The first-order chi connectivity index (χ1) is 19.2. The molecule has 7 N–H and O–H groups in total. The van der Waals surface area contributed by atoms with E-state index in [-0.39, 0.29) is 29.6 Å². The highest BCUT2D eigenvalue weighted by molar-refractivity contribution is 8.16. The zero-order chi connectivity index (χ0) is 28.3. The number of Topliss-reactive ketones (excluding diaryl/α,β-unsaturated/α-hetero) is 1. The predicted octanol–water partition coefficient (Wildman–Crippen LogP) is 1.44. The van der Waals surface area contributed by atoms with Crippen molar-refractivity contribution >= 4 is 40.4 Å². The quantitative estimate of drug-likeness (QED) is 0.172. The molecule has 5 rings (SSSR count). The molecular weight excluding hydrogens is 528 g/mol. The monoisotopic (exact) mass is 574 g/mol. The molecule has 222 valence electrons. The van der Waals surface area contributed by atoms with E-state index in [4.69, 9.17) is 22.2 Å². The van der Waals surface area contributed by atoms with Crippen molar-refractivity contribution in [1.82, 2.24) is 15.3 Å². The van der Waals surface area contributed by atoms with E-state index >= 15 is 0 Å². The molecule has 0 aromatic heterocycles. The van der Waals surface area contributed by atoms with Crippen LogP contribution in [-0.2, 0) is 14.4 Å². The maximum atomic E-state index is 13.8. The van der Waals surface area contributed by atoms with E-state index in [0.717, 1.165) is 38.5 Å². The number of nitrogens with zero attached hydrogens (tertiary/aromatic N) is 4. The molecule has 0 aromatic rings. The van der Waals surface area contributed by atoms with Crippen LogP contribution in [0.15, 0.2) is 9.98 Å². The minimum absolute atomic E-state index is 0.000127. The van der Waals surface area contributed by atoms with Gasteiger partial charge in [-0.3, -0.25) is 29.4 Å². The van der Waals surface area contributed by atoms with Crippen molar-refractivity contribution in [3.8, 4) is 0 Å². The fourth-order valence-electron chi connectivity index (χ4n) is 7.19. The molecule has 3 heterocycles. The summed E-state index contributed by atoms with van der Waals surface area (Å²) >= 11 is 1.56. The van der Waals surface area contributed by atoms with Crippen LogP contribution in [0.1, 0.15) is 89.9 Å². The summed E-state index contributed by atoms with van der Waals surface area (Å²) in [5, 5.41) is 7.45. The van der Waals surface area contributed by atoms with Gasteiger partial charge in [0.1, 0.15) is 11.1 Å². The molecule has 12 heteroatoms. The third-order valence-electron chi connectivity index (χ3n) is 9.39. The summed E-state index contributed by atoms with van der Waals surface area (Å²) in [6.07, 6.45) is 13.0. The largest absolute Gasteiger partial charge is 0.370 e. The molecule has 4 fully saturated rings. The molecule has 11 nitrogen and oxygen atoms in total. The Kier molecular flexibility index (Phi) is 9.36. The fourth-order valence-corrected chi connectivity index (χ4v) is 8.57. The molecule has 2 saturated heterocycles. The van der Waals surface area contributed by atoms with E-state index in [1.165, 1.54) is 19.3 Å². The summed E-state index contributed by atoms with van der Waals surface area (Å²) in [6, 6.07) is -1.23. The first-order valence-electron chi connectivity index (χ1n) is 15.3.